The monoisotopic (exact) mass is 274 g/mol. The van der Waals surface area contributed by atoms with Crippen LogP contribution < -0.4 is 5.69 Å². The highest BCUT2D eigenvalue weighted by molar-refractivity contribution is 5.87. The van der Waals surface area contributed by atoms with E-state index in [0.717, 1.165) is 30.5 Å². The minimum absolute atomic E-state index is 0.217. The molecule has 0 bridgehead atoms. The topological polar surface area (TPSA) is 91.7 Å². The van der Waals surface area contributed by atoms with Crippen molar-refractivity contribution in [3.05, 3.63) is 22.5 Å². The Morgan fingerprint density at radius 1 is 1.20 bits per heavy atom. The molecule has 0 aliphatic heterocycles. The number of aryl methyl sites for hydroxylation is 1. The van der Waals surface area contributed by atoms with E-state index in [0.29, 0.717) is 11.3 Å². The Morgan fingerprint density at radius 2 is 2.05 bits per heavy atom. The molecule has 3 aromatic rings. The molecule has 3 aromatic heterocycles. The Bertz CT molecular complexity index is 768. The number of aromatic nitrogens is 6. The van der Waals surface area contributed by atoms with E-state index >= 15 is 0 Å². The first kappa shape index (κ1) is 12.8. The van der Waals surface area contributed by atoms with Crippen LogP contribution in [0, 0.1) is 0 Å². The van der Waals surface area contributed by atoms with Crippen LogP contribution in [0.2, 0.25) is 0 Å². The minimum Gasteiger partial charge on any atom is -0.291 e. The molecule has 0 amide bonds. The number of fused-ring (bicyclic) bond motifs is 3. The maximum Gasteiger partial charge on any atom is 0.334 e. The zero-order chi connectivity index (χ0) is 13.9. The summed E-state index contributed by atoms with van der Waals surface area (Å²) in [6.07, 6.45) is 8.34. The number of nitrogens with zero attached hydrogens (tertiary/aromatic N) is 4. The molecular weight excluding hydrogens is 256 g/mol. The Kier molecular flexibility index (Phi) is 3.49. The molecule has 7 heteroatoms. The molecule has 0 aromatic carbocycles. The lowest BCUT2D eigenvalue weighted by molar-refractivity contribution is 0.619. The third-order valence-corrected chi connectivity index (χ3v) is 3.55. The van der Waals surface area contributed by atoms with E-state index in [-0.39, 0.29) is 5.69 Å². The summed E-state index contributed by atoms with van der Waals surface area (Å²) in [5.41, 5.74) is 0.941. The Morgan fingerprint density at radius 3 is 2.90 bits per heavy atom. The fourth-order valence-electron chi connectivity index (χ4n) is 2.47. The molecule has 0 saturated carbocycles. The van der Waals surface area contributed by atoms with Crippen LogP contribution in [-0.2, 0) is 6.42 Å². The third kappa shape index (κ3) is 2.19. The zero-order valence-corrected chi connectivity index (χ0v) is 11.5. The molecule has 0 aliphatic rings. The molecule has 3 rings (SSSR count). The van der Waals surface area contributed by atoms with Crippen LogP contribution >= 0.6 is 0 Å². The van der Waals surface area contributed by atoms with Gasteiger partial charge in [-0.1, -0.05) is 32.6 Å². The maximum atomic E-state index is 12.1. The summed E-state index contributed by atoms with van der Waals surface area (Å²) in [4.78, 5) is 14.8. The summed E-state index contributed by atoms with van der Waals surface area (Å²) in [7, 11) is 0. The van der Waals surface area contributed by atoms with Crippen LogP contribution in [0.1, 0.15) is 44.9 Å². The van der Waals surface area contributed by atoms with Crippen molar-refractivity contribution in [1.29, 1.82) is 0 Å². The van der Waals surface area contributed by atoms with Gasteiger partial charge in [-0.05, 0) is 6.42 Å². The van der Waals surface area contributed by atoms with Gasteiger partial charge < -0.3 is 0 Å². The lowest BCUT2D eigenvalue weighted by atomic mass is 10.1. The van der Waals surface area contributed by atoms with E-state index in [4.69, 9.17) is 0 Å². The SMILES string of the molecule is CCCCCCCc1nnc2c3cn[nH]c3[nH]c(=O)n12. The molecule has 2 N–H and O–H groups in total. The van der Waals surface area contributed by atoms with Crippen molar-refractivity contribution in [3.8, 4) is 0 Å². The van der Waals surface area contributed by atoms with Crippen LogP contribution in [0.4, 0.5) is 0 Å². The summed E-state index contributed by atoms with van der Waals surface area (Å²) >= 11 is 0. The van der Waals surface area contributed by atoms with E-state index in [1.165, 1.54) is 19.3 Å². The summed E-state index contributed by atoms with van der Waals surface area (Å²) in [6.45, 7) is 2.20. The van der Waals surface area contributed by atoms with Crippen LogP contribution in [0.25, 0.3) is 16.7 Å². The Balaban J connectivity index is 1.87. The quantitative estimate of drug-likeness (QED) is 0.670. The van der Waals surface area contributed by atoms with Crippen LogP contribution in [-0.4, -0.2) is 29.8 Å². The average molecular weight is 274 g/mol. The van der Waals surface area contributed by atoms with E-state index < -0.39 is 0 Å². The second-order valence-electron chi connectivity index (χ2n) is 5.03. The van der Waals surface area contributed by atoms with Gasteiger partial charge in [-0.3, -0.25) is 10.1 Å². The molecule has 0 aliphatic carbocycles. The van der Waals surface area contributed by atoms with Crippen molar-refractivity contribution in [2.24, 2.45) is 0 Å². The van der Waals surface area contributed by atoms with Crippen molar-refractivity contribution in [3.63, 3.8) is 0 Å². The van der Waals surface area contributed by atoms with Crippen molar-refractivity contribution in [2.45, 2.75) is 45.4 Å². The lowest BCUT2D eigenvalue weighted by Gasteiger charge is -2.00. The average Bonchev–Trinajstić information content (AvgIpc) is 3.05. The first-order valence-electron chi connectivity index (χ1n) is 7.10. The van der Waals surface area contributed by atoms with Crippen molar-refractivity contribution in [2.75, 3.05) is 0 Å². The smallest absolute Gasteiger partial charge is 0.291 e. The molecule has 0 fully saturated rings. The van der Waals surface area contributed by atoms with Gasteiger partial charge in [0.05, 0.1) is 11.6 Å². The second-order valence-corrected chi connectivity index (χ2v) is 5.03. The first-order chi connectivity index (χ1) is 9.81. The Hall–Kier alpha value is -2.18. The van der Waals surface area contributed by atoms with Crippen LogP contribution in [0.5, 0.6) is 0 Å². The maximum absolute atomic E-state index is 12.1. The number of H-pyrrole nitrogens is 2. The van der Waals surface area contributed by atoms with Crippen molar-refractivity contribution in [1.82, 2.24) is 29.8 Å². The number of hydrogen-bond donors (Lipinski definition) is 2. The van der Waals surface area contributed by atoms with E-state index in [2.05, 4.69) is 32.3 Å². The molecule has 0 radical (unpaired) electrons. The fourth-order valence-corrected chi connectivity index (χ4v) is 2.47. The van der Waals surface area contributed by atoms with Gasteiger partial charge >= 0.3 is 5.69 Å². The van der Waals surface area contributed by atoms with Gasteiger partial charge in [-0.25, -0.2) is 9.20 Å². The molecule has 7 nitrogen and oxygen atoms in total. The summed E-state index contributed by atoms with van der Waals surface area (Å²) in [5.74, 6) is 0.723. The summed E-state index contributed by atoms with van der Waals surface area (Å²) in [6, 6.07) is 0. The summed E-state index contributed by atoms with van der Waals surface area (Å²) in [5, 5.41) is 15.7. The second kappa shape index (κ2) is 5.44. The van der Waals surface area contributed by atoms with Gasteiger partial charge in [-0.2, -0.15) is 5.10 Å². The largest absolute Gasteiger partial charge is 0.334 e. The van der Waals surface area contributed by atoms with Gasteiger partial charge in [0.1, 0.15) is 11.5 Å². The summed E-state index contributed by atoms with van der Waals surface area (Å²) < 4.78 is 1.55. The van der Waals surface area contributed by atoms with Crippen LogP contribution in [0.3, 0.4) is 0 Å². The molecule has 106 valence electrons. The molecule has 0 atom stereocenters. The van der Waals surface area contributed by atoms with Crippen LogP contribution in [0.15, 0.2) is 11.0 Å². The van der Waals surface area contributed by atoms with Crippen molar-refractivity contribution >= 4 is 16.7 Å². The van der Waals surface area contributed by atoms with Gasteiger partial charge in [-0.15, -0.1) is 10.2 Å². The number of aromatic amines is 2. The molecule has 20 heavy (non-hydrogen) atoms. The van der Waals surface area contributed by atoms with E-state index in [9.17, 15) is 4.79 Å². The molecular formula is C13H18N6O. The Labute approximate surface area is 115 Å². The highest BCUT2D eigenvalue weighted by Gasteiger charge is 2.13. The normalized spacial score (nSPS) is 11.7. The number of hydrogen-bond acceptors (Lipinski definition) is 4. The van der Waals surface area contributed by atoms with Gasteiger partial charge in [0.2, 0.25) is 0 Å². The number of unbranched alkanes of at least 4 members (excludes halogenated alkanes) is 4. The number of nitrogens with one attached hydrogen (secondary N) is 2. The predicted molar refractivity (Wildman–Crippen MR) is 75.7 cm³/mol. The molecule has 0 saturated heterocycles. The van der Waals surface area contributed by atoms with E-state index in [1.54, 1.807) is 10.6 Å². The van der Waals surface area contributed by atoms with E-state index in [1.807, 2.05) is 0 Å². The zero-order valence-electron chi connectivity index (χ0n) is 11.5. The predicted octanol–water partition coefficient (Wildman–Crippen LogP) is 1.81. The van der Waals surface area contributed by atoms with Gasteiger partial charge in [0.25, 0.3) is 0 Å². The van der Waals surface area contributed by atoms with Crippen molar-refractivity contribution < 1.29 is 0 Å². The minimum atomic E-state index is -0.217. The molecule has 0 spiro atoms. The lowest BCUT2D eigenvalue weighted by Crippen LogP contribution is -2.18. The first-order valence-corrected chi connectivity index (χ1v) is 7.10. The third-order valence-electron chi connectivity index (χ3n) is 3.55. The molecule has 0 unspecified atom stereocenters. The molecule has 3 heterocycles. The fraction of sp³-hybridized carbons (Fsp3) is 0.538. The highest BCUT2D eigenvalue weighted by Crippen LogP contribution is 2.13. The standard InChI is InChI=1S/C13H18N6O/c1-2-3-4-5-6-7-10-16-18-12-9-8-14-17-11(9)15-13(20)19(10)12/h8H,2-7H2,1H3,(H2,14,15,17,20). The van der Waals surface area contributed by atoms with Gasteiger partial charge in [0.15, 0.2) is 5.65 Å². The number of rotatable bonds is 6. The highest BCUT2D eigenvalue weighted by atomic mass is 16.1. The van der Waals surface area contributed by atoms with Gasteiger partial charge in [0, 0.05) is 6.42 Å².